The molecule has 0 amide bonds. The molecule has 0 aliphatic rings. The minimum absolute atomic E-state index is 0.00227. The Hall–Kier alpha value is -9.44. The van der Waals surface area contributed by atoms with Gasteiger partial charge in [-0.05, 0) is 88.6 Å². The number of aliphatic hydroxyl groups is 1. The number of carbonyl (C=O) groups is 2. The van der Waals surface area contributed by atoms with Crippen molar-refractivity contribution < 1.29 is 66.3 Å². The topological polar surface area (TPSA) is 359 Å². The lowest BCUT2D eigenvalue weighted by Crippen LogP contribution is -2.18. The fourth-order valence-electron chi connectivity index (χ4n) is 8.75. The molecule has 24 nitrogen and oxygen atoms in total. The molecule has 34 heteroatoms. The molecule has 0 bridgehead atoms. The Morgan fingerprint density at radius 3 is 1.51 bits per heavy atom. The lowest BCUT2D eigenvalue weighted by molar-refractivity contribution is 0.103. The molecule has 8 aromatic heterocycles. The van der Waals surface area contributed by atoms with Gasteiger partial charge in [-0.25, -0.2) is 91.5 Å². The normalized spacial score (nSPS) is 11.8. The number of aromatic nitrogens is 12. The number of nitrogens with one attached hydrogen (secondary N) is 7. The van der Waals surface area contributed by atoms with Crippen LogP contribution in [0.1, 0.15) is 101 Å². The van der Waals surface area contributed by atoms with Gasteiger partial charge < -0.3 is 25.0 Å². The van der Waals surface area contributed by atoms with Crippen molar-refractivity contribution in [3.63, 3.8) is 0 Å². The van der Waals surface area contributed by atoms with E-state index in [9.17, 15) is 66.3 Å². The molecule has 480 valence electrons. The average molecular weight is 1340 g/mol. The number of aliphatic hydroxyl groups excluding tert-OH is 1. The van der Waals surface area contributed by atoms with Gasteiger partial charge in [0.05, 0.1) is 84.4 Å². The summed E-state index contributed by atoms with van der Waals surface area (Å²) in [4.78, 5) is 66.6. The lowest BCUT2D eigenvalue weighted by Gasteiger charge is -2.16. The molecule has 11 aromatic rings. The van der Waals surface area contributed by atoms with Gasteiger partial charge in [0.15, 0.2) is 23.7 Å². The number of aryl methyl sites for hydroxylation is 3. The fraction of sp³-hybridized carbons (Fsp3) is 0.228. The number of ketones is 1. The number of hydrogen-bond donors (Lipinski definition) is 8. The summed E-state index contributed by atoms with van der Waals surface area (Å²) in [6.07, 6.45) is 11.3. The maximum absolute atomic E-state index is 14.9. The first-order chi connectivity index (χ1) is 43.2. The number of aldehydes is 1. The molecule has 8 N–H and O–H groups in total. The van der Waals surface area contributed by atoms with Crippen molar-refractivity contribution in [1.82, 2.24) is 59.8 Å². The third-order valence-corrected chi connectivity index (χ3v) is 17.7. The van der Waals surface area contributed by atoms with E-state index in [0.717, 1.165) is 64.2 Å². The van der Waals surface area contributed by atoms with Crippen molar-refractivity contribution in [3.05, 3.63) is 184 Å². The molecule has 8 heterocycles. The largest absolute Gasteiger partial charge is 0.383 e. The molecule has 0 saturated heterocycles. The SMILES string of the molecule is CCCS(=O)(=O)Nc1ccc(F)c(C(=O)c2c[nH]c3ncnc(C)c23)c1F.CCCS(=O)(=O)Nc1ccc(F)c(C(O)c2c[nH]c3ncnc(C)c23)c1F.CCCS(=O)(=O)Nc1ccc(F)c(C=O)c1F.Cc1ncnc2[nH]ccc12.Clc1ncnc2[nH]ccc12. The second-order valence-electron chi connectivity index (χ2n) is 19.5. The highest BCUT2D eigenvalue weighted by molar-refractivity contribution is 7.93. The summed E-state index contributed by atoms with van der Waals surface area (Å²) in [6, 6.07) is 9.27. The number of sulfonamides is 3. The summed E-state index contributed by atoms with van der Waals surface area (Å²) in [6.45, 7) is 10.2. The fourth-order valence-corrected chi connectivity index (χ4v) is 12.3. The summed E-state index contributed by atoms with van der Waals surface area (Å²) >= 11 is 5.73. The Morgan fingerprint density at radius 1 is 0.538 bits per heavy atom. The molecule has 0 saturated carbocycles. The van der Waals surface area contributed by atoms with E-state index in [1.54, 1.807) is 47.1 Å². The van der Waals surface area contributed by atoms with E-state index in [0.29, 0.717) is 57.9 Å². The van der Waals surface area contributed by atoms with Crippen LogP contribution in [0.5, 0.6) is 0 Å². The number of halogens is 7. The Balaban J connectivity index is 0.000000171. The van der Waals surface area contributed by atoms with Crippen LogP contribution >= 0.6 is 11.6 Å². The van der Waals surface area contributed by atoms with Gasteiger partial charge in [0, 0.05) is 41.1 Å². The van der Waals surface area contributed by atoms with Crippen LogP contribution in [0.25, 0.3) is 44.1 Å². The molecule has 91 heavy (non-hydrogen) atoms. The molecule has 0 radical (unpaired) electrons. The maximum atomic E-state index is 14.9. The van der Waals surface area contributed by atoms with E-state index >= 15 is 0 Å². The minimum Gasteiger partial charge on any atom is -0.383 e. The number of aromatic amines is 4. The van der Waals surface area contributed by atoms with E-state index in [2.05, 4.69) is 64.5 Å². The number of benzene rings is 3. The van der Waals surface area contributed by atoms with Crippen LogP contribution in [0.15, 0.2) is 98.6 Å². The van der Waals surface area contributed by atoms with Gasteiger partial charge in [-0.2, -0.15) is 0 Å². The van der Waals surface area contributed by atoms with Gasteiger partial charge in [0.25, 0.3) is 0 Å². The number of nitrogens with zero attached hydrogens (tertiary/aromatic N) is 8. The van der Waals surface area contributed by atoms with Crippen LogP contribution < -0.4 is 14.2 Å². The molecular weight excluding hydrogens is 1280 g/mol. The molecule has 0 aliphatic heterocycles. The number of hydrogen-bond acceptors (Lipinski definition) is 17. The predicted octanol–water partition coefficient (Wildman–Crippen LogP) is 10.5. The molecule has 3 aromatic carbocycles. The van der Waals surface area contributed by atoms with E-state index in [1.165, 1.54) is 31.4 Å². The minimum atomic E-state index is -3.81. The van der Waals surface area contributed by atoms with Crippen LogP contribution in [0.2, 0.25) is 5.15 Å². The van der Waals surface area contributed by atoms with Crippen molar-refractivity contribution >= 4 is 115 Å². The molecule has 11 rings (SSSR count). The quantitative estimate of drug-likeness (QED) is 0.0182. The van der Waals surface area contributed by atoms with Crippen LogP contribution in [0.3, 0.4) is 0 Å². The lowest BCUT2D eigenvalue weighted by atomic mass is 9.99. The van der Waals surface area contributed by atoms with Gasteiger partial charge in [-0.3, -0.25) is 23.8 Å². The highest BCUT2D eigenvalue weighted by atomic mass is 35.5. The molecule has 1 unspecified atom stereocenters. The molecular formula is C57H56ClF6N15O9S3. The number of H-pyrrole nitrogens is 4. The van der Waals surface area contributed by atoms with Gasteiger partial charge >= 0.3 is 0 Å². The number of carbonyl (C=O) groups excluding carboxylic acids is 2. The Bertz CT molecular complexity index is 4730. The zero-order valence-electron chi connectivity index (χ0n) is 48.8. The predicted molar refractivity (Wildman–Crippen MR) is 330 cm³/mol. The highest BCUT2D eigenvalue weighted by Gasteiger charge is 2.29. The average Bonchev–Trinajstić information content (AvgIpc) is 1.99. The number of anilines is 3. The second-order valence-corrected chi connectivity index (χ2v) is 25.3. The first-order valence-electron chi connectivity index (χ1n) is 27.0. The monoisotopic (exact) mass is 1340 g/mol. The molecule has 0 spiro atoms. The molecule has 1 atom stereocenters. The van der Waals surface area contributed by atoms with Crippen molar-refractivity contribution in [2.45, 2.75) is 66.9 Å². The van der Waals surface area contributed by atoms with E-state index in [1.807, 2.05) is 34.7 Å². The second kappa shape index (κ2) is 29.9. The summed E-state index contributed by atoms with van der Waals surface area (Å²) < 4.78 is 161. The Kier molecular flexibility index (Phi) is 22.7. The van der Waals surface area contributed by atoms with Crippen molar-refractivity contribution in [1.29, 1.82) is 0 Å². The van der Waals surface area contributed by atoms with Crippen LogP contribution in [-0.4, -0.2) is 119 Å². The van der Waals surface area contributed by atoms with Crippen LogP contribution in [-0.2, 0) is 30.1 Å². The molecule has 0 aliphatic carbocycles. The highest BCUT2D eigenvalue weighted by Crippen LogP contribution is 2.35. The van der Waals surface area contributed by atoms with Crippen LogP contribution in [0.4, 0.5) is 43.4 Å². The smallest absolute Gasteiger partial charge is 0.232 e. The first kappa shape index (κ1) is 69.0. The zero-order chi connectivity index (χ0) is 66.5. The van der Waals surface area contributed by atoms with Crippen molar-refractivity contribution in [3.8, 4) is 0 Å². The van der Waals surface area contributed by atoms with Gasteiger partial charge in [-0.1, -0.05) is 32.4 Å². The Labute approximate surface area is 520 Å². The van der Waals surface area contributed by atoms with Crippen molar-refractivity contribution in [2.75, 3.05) is 31.4 Å². The van der Waals surface area contributed by atoms with Gasteiger partial charge in [0.1, 0.15) is 76.6 Å². The van der Waals surface area contributed by atoms with Gasteiger partial charge in [0.2, 0.25) is 35.9 Å². The van der Waals surface area contributed by atoms with Crippen LogP contribution in [0, 0.1) is 55.7 Å². The summed E-state index contributed by atoms with van der Waals surface area (Å²) in [5.41, 5.74) is 1.01. The third kappa shape index (κ3) is 16.7. The summed E-state index contributed by atoms with van der Waals surface area (Å²) in [7, 11) is -11.3. The standard InChI is InChI=1S/C17H18F2N4O3S.C17H16F2N4O3S.C10H11F2NO3S.C7H7N3.C6H4ClN3/c2*1-3-6-27(25,26)23-12-5-4-11(18)14(15(12)19)16(24)10-7-20-17-13(10)9(2)21-8-22-17;1-2-5-17(15,16)13-9-4-3-8(11)7(6-14)10(9)12;1-5-6-2-3-8-7(6)10-4-9-5;7-5-4-1-2-8-6(4)10-3-9-5/h4-5,7-8,16,23-24H,3,6H2,1-2H3,(H,20,21,22);4-5,7-8,23H,3,6H2,1-2H3,(H,20,21,22);3-4,6,13H,2,5H2,1H3;2-4H,1H3,(H,8,9,10);1-3H,(H,8,9,10). The van der Waals surface area contributed by atoms with E-state index < -0.39 is 111 Å². The zero-order valence-corrected chi connectivity index (χ0v) is 52.0. The summed E-state index contributed by atoms with van der Waals surface area (Å²) in [5, 5.41) is 13.9. The maximum Gasteiger partial charge on any atom is 0.232 e. The van der Waals surface area contributed by atoms with E-state index in [-0.39, 0.29) is 34.7 Å². The first-order valence-corrected chi connectivity index (χ1v) is 32.4. The van der Waals surface area contributed by atoms with E-state index in [4.69, 9.17) is 11.6 Å². The Morgan fingerprint density at radius 2 is 0.978 bits per heavy atom. The molecule has 0 fully saturated rings. The summed E-state index contributed by atoms with van der Waals surface area (Å²) in [5.74, 6) is -8.34. The number of fused-ring (bicyclic) bond motifs is 4. The third-order valence-electron chi connectivity index (χ3n) is 12.9. The van der Waals surface area contributed by atoms with Gasteiger partial charge in [-0.15, -0.1) is 0 Å². The van der Waals surface area contributed by atoms with Crippen molar-refractivity contribution in [2.24, 2.45) is 0 Å². The number of rotatable bonds is 17.